The number of hydrogen-bond acceptors (Lipinski definition) is 1. The molecule has 0 saturated carbocycles. The zero-order valence-electron chi connectivity index (χ0n) is 8.26. The summed E-state index contributed by atoms with van der Waals surface area (Å²) in [5.74, 6) is 0. The monoisotopic (exact) mass is 171 g/mol. The zero-order chi connectivity index (χ0) is 9.84. The zero-order valence-corrected chi connectivity index (χ0v) is 8.26. The van der Waals surface area contributed by atoms with Crippen LogP contribution in [0.25, 0.3) is 5.57 Å². The van der Waals surface area contributed by atoms with Crippen LogP contribution in [0, 0.1) is 25.2 Å². The van der Waals surface area contributed by atoms with E-state index >= 15 is 0 Å². The van der Waals surface area contributed by atoms with Crippen LogP contribution >= 0.6 is 0 Å². The molecule has 0 spiro atoms. The third-order valence-electron chi connectivity index (χ3n) is 2.10. The maximum atomic E-state index is 8.53. The van der Waals surface area contributed by atoms with E-state index in [0.717, 1.165) is 5.57 Å². The van der Waals surface area contributed by atoms with E-state index in [9.17, 15) is 0 Å². The molecule has 0 aliphatic carbocycles. The minimum Gasteiger partial charge on any atom is -0.193 e. The molecule has 0 unspecified atom stereocenters. The first-order valence-corrected chi connectivity index (χ1v) is 4.29. The summed E-state index contributed by atoms with van der Waals surface area (Å²) in [5.41, 5.74) is 4.64. The highest BCUT2D eigenvalue weighted by Crippen LogP contribution is 2.19. The highest BCUT2D eigenvalue weighted by atomic mass is 14.2. The molecule has 0 saturated heterocycles. The van der Waals surface area contributed by atoms with Crippen molar-refractivity contribution < 1.29 is 0 Å². The van der Waals surface area contributed by atoms with Crippen LogP contribution in [0.1, 0.15) is 23.6 Å². The van der Waals surface area contributed by atoms with E-state index in [1.54, 1.807) is 6.08 Å². The lowest BCUT2D eigenvalue weighted by atomic mass is 9.99. The van der Waals surface area contributed by atoms with Crippen LogP contribution in [0.2, 0.25) is 0 Å². The summed E-state index contributed by atoms with van der Waals surface area (Å²) in [7, 11) is 0. The molecular weight excluding hydrogens is 158 g/mol. The average Bonchev–Trinajstić information content (AvgIpc) is 2.09. The van der Waals surface area contributed by atoms with E-state index in [-0.39, 0.29) is 0 Å². The van der Waals surface area contributed by atoms with Gasteiger partial charge in [-0.15, -0.1) is 0 Å². The van der Waals surface area contributed by atoms with Crippen molar-refractivity contribution in [2.45, 2.75) is 20.8 Å². The van der Waals surface area contributed by atoms with Gasteiger partial charge in [-0.25, -0.2) is 0 Å². The lowest BCUT2D eigenvalue weighted by Crippen LogP contribution is -1.86. The quantitative estimate of drug-likeness (QED) is 0.595. The van der Waals surface area contributed by atoms with Crippen molar-refractivity contribution in [1.82, 2.24) is 0 Å². The van der Waals surface area contributed by atoms with Gasteiger partial charge in [-0.3, -0.25) is 0 Å². The number of aryl methyl sites for hydroxylation is 2. The van der Waals surface area contributed by atoms with Crippen molar-refractivity contribution in [3.8, 4) is 6.07 Å². The van der Waals surface area contributed by atoms with E-state index in [4.69, 9.17) is 5.26 Å². The molecular formula is C12H13N. The summed E-state index contributed by atoms with van der Waals surface area (Å²) in [6.45, 7) is 6.08. The molecule has 1 aromatic rings. The minimum absolute atomic E-state index is 1.03. The number of allylic oxidation sites excluding steroid dienone is 2. The predicted molar refractivity (Wildman–Crippen MR) is 55.2 cm³/mol. The number of benzene rings is 1. The summed E-state index contributed by atoms with van der Waals surface area (Å²) in [6, 6.07) is 8.32. The van der Waals surface area contributed by atoms with Gasteiger partial charge in [0, 0.05) is 6.08 Å². The second-order valence-electron chi connectivity index (χ2n) is 3.27. The van der Waals surface area contributed by atoms with Crippen LogP contribution in [0.3, 0.4) is 0 Å². The van der Waals surface area contributed by atoms with E-state index < -0.39 is 0 Å². The van der Waals surface area contributed by atoms with Crippen LogP contribution in [0.5, 0.6) is 0 Å². The Hall–Kier alpha value is -1.55. The Morgan fingerprint density at radius 2 is 2.08 bits per heavy atom. The normalized spacial score (nSPS) is 11.1. The van der Waals surface area contributed by atoms with Crippen molar-refractivity contribution in [2.75, 3.05) is 0 Å². The lowest BCUT2D eigenvalue weighted by Gasteiger charge is -2.05. The average molecular weight is 171 g/mol. The summed E-state index contributed by atoms with van der Waals surface area (Å²) < 4.78 is 0. The Morgan fingerprint density at radius 3 is 2.69 bits per heavy atom. The van der Waals surface area contributed by atoms with Gasteiger partial charge in [0.05, 0.1) is 6.07 Å². The van der Waals surface area contributed by atoms with Crippen molar-refractivity contribution in [3.63, 3.8) is 0 Å². The molecule has 0 bridgehead atoms. The molecule has 1 rings (SSSR count). The first kappa shape index (κ1) is 9.54. The van der Waals surface area contributed by atoms with Gasteiger partial charge < -0.3 is 0 Å². The van der Waals surface area contributed by atoms with Gasteiger partial charge in [0.15, 0.2) is 0 Å². The standard InChI is InChI=1S/C12H13N/c1-9-4-5-10(2)12(8-9)11(3)6-7-13/h4-6,8H,1-3H3/b11-6-. The highest BCUT2D eigenvalue weighted by Gasteiger charge is 1.99. The molecule has 66 valence electrons. The van der Waals surface area contributed by atoms with Gasteiger partial charge in [0.25, 0.3) is 0 Å². The molecule has 1 aromatic carbocycles. The molecule has 1 nitrogen and oxygen atoms in total. The number of rotatable bonds is 1. The van der Waals surface area contributed by atoms with Crippen LogP contribution in [-0.4, -0.2) is 0 Å². The Balaban J connectivity index is 3.22. The van der Waals surface area contributed by atoms with Gasteiger partial charge in [0.1, 0.15) is 0 Å². The summed E-state index contributed by atoms with van der Waals surface area (Å²) >= 11 is 0. The maximum Gasteiger partial charge on any atom is 0.0915 e. The summed E-state index contributed by atoms with van der Waals surface area (Å²) in [5, 5.41) is 8.53. The number of nitrogens with zero attached hydrogens (tertiary/aromatic N) is 1. The van der Waals surface area contributed by atoms with Gasteiger partial charge in [0.2, 0.25) is 0 Å². The van der Waals surface area contributed by atoms with Crippen LogP contribution in [-0.2, 0) is 0 Å². The molecule has 0 radical (unpaired) electrons. The highest BCUT2D eigenvalue weighted by molar-refractivity contribution is 5.68. The number of hydrogen-bond donors (Lipinski definition) is 0. The third-order valence-corrected chi connectivity index (χ3v) is 2.10. The fraction of sp³-hybridized carbons (Fsp3) is 0.250. The third kappa shape index (κ3) is 2.19. The second-order valence-corrected chi connectivity index (χ2v) is 3.27. The van der Waals surface area contributed by atoms with Gasteiger partial charge in [-0.1, -0.05) is 23.8 Å². The van der Waals surface area contributed by atoms with Crippen LogP contribution in [0.4, 0.5) is 0 Å². The first-order valence-electron chi connectivity index (χ1n) is 4.29. The lowest BCUT2D eigenvalue weighted by molar-refractivity contribution is 1.35. The SMILES string of the molecule is C/C(=C/C#N)c1cc(C)ccc1C. The van der Waals surface area contributed by atoms with Crippen LogP contribution < -0.4 is 0 Å². The summed E-state index contributed by atoms with van der Waals surface area (Å²) in [6.07, 6.45) is 1.59. The van der Waals surface area contributed by atoms with E-state index in [0.29, 0.717) is 0 Å². The molecule has 0 aromatic heterocycles. The summed E-state index contributed by atoms with van der Waals surface area (Å²) in [4.78, 5) is 0. The fourth-order valence-electron chi connectivity index (χ4n) is 1.34. The van der Waals surface area contributed by atoms with Crippen molar-refractivity contribution in [2.24, 2.45) is 0 Å². The smallest absolute Gasteiger partial charge is 0.0915 e. The van der Waals surface area contributed by atoms with Gasteiger partial charge >= 0.3 is 0 Å². The Bertz CT molecular complexity index is 381. The fourth-order valence-corrected chi connectivity index (χ4v) is 1.34. The van der Waals surface area contributed by atoms with Crippen LogP contribution in [0.15, 0.2) is 24.3 Å². The molecule has 0 aliphatic rings. The number of nitriles is 1. The van der Waals surface area contributed by atoms with Crippen molar-refractivity contribution in [1.29, 1.82) is 5.26 Å². The Morgan fingerprint density at radius 1 is 1.38 bits per heavy atom. The van der Waals surface area contributed by atoms with Gasteiger partial charge in [-0.2, -0.15) is 5.26 Å². The largest absolute Gasteiger partial charge is 0.193 e. The van der Waals surface area contributed by atoms with E-state index in [1.807, 2.05) is 6.92 Å². The molecule has 0 heterocycles. The van der Waals surface area contributed by atoms with E-state index in [2.05, 4.69) is 38.1 Å². The molecule has 0 amide bonds. The van der Waals surface area contributed by atoms with Crippen molar-refractivity contribution >= 4 is 5.57 Å². The minimum atomic E-state index is 1.03. The molecule has 0 N–H and O–H groups in total. The van der Waals surface area contributed by atoms with Gasteiger partial charge in [-0.05, 0) is 37.5 Å². The Labute approximate surface area is 79.3 Å². The molecule has 13 heavy (non-hydrogen) atoms. The molecule has 0 fully saturated rings. The predicted octanol–water partition coefficient (Wildman–Crippen LogP) is 3.23. The molecule has 0 aliphatic heterocycles. The topological polar surface area (TPSA) is 23.8 Å². The first-order chi connectivity index (χ1) is 6.15. The molecule has 1 heteroatoms. The maximum absolute atomic E-state index is 8.53. The Kier molecular flexibility index (Phi) is 2.87. The van der Waals surface area contributed by atoms with Crippen molar-refractivity contribution in [3.05, 3.63) is 41.0 Å². The van der Waals surface area contributed by atoms with E-state index in [1.165, 1.54) is 16.7 Å². The molecule has 0 atom stereocenters. The second kappa shape index (κ2) is 3.91.